The van der Waals surface area contributed by atoms with Crippen molar-refractivity contribution in [3.05, 3.63) is 40.9 Å². The molecule has 0 radical (unpaired) electrons. The molecule has 0 saturated carbocycles. The normalized spacial score (nSPS) is 23.2. The summed E-state index contributed by atoms with van der Waals surface area (Å²) in [6.45, 7) is 5.71. The summed E-state index contributed by atoms with van der Waals surface area (Å²) in [4.78, 5) is 31.4. The summed E-state index contributed by atoms with van der Waals surface area (Å²) in [6.07, 6.45) is -1.21. The summed E-state index contributed by atoms with van der Waals surface area (Å²) in [5.74, 6) is -1.39. The van der Waals surface area contributed by atoms with Crippen molar-refractivity contribution in [3.8, 4) is 10.6 Å². The van der Waals surface area contributed by atoms with Crippen LogP contribution in [0.2, 0.25) is 0 Å². The van der Waals surface area contributed by atoms with Crippen LogP contribution in [0.1, 0.15) is 36.9 Å². The Hall–Kier alpha value is -2.25. The summed E-state index contributed by atoms with van der Waals surface area (Å²) in [5, 5.41) is 10.1. The first-order chi connectivity index (χ1) is 12.8. The number of nitrogens with zero attached hydrogens (tertiary/aromatic N) is 2. The highest BCUT2D eigenvalue weighted by Gasteiger charge is 2.42. The second-order valence-electron chi connectivity index (χ2n) is 7.06. The summed E-state index contributed by atoms with van der Waals surface area (Å²) in [5.41, 5.74) is 1.95. The maximum absolute atomic E-state index is 12.9. The number of hydrogen-bond acceptors (Lipinski definition) is 5. The second-order valence-corrected chi connectivity index (χ2v) is 8.09. The first kappa shape index (κ1) is 19.5. The molecular formula is C20H24N2O4S. The lowest BCUT2D eigenvalue weighted by Crippen LogP contribution is -2.38. The average molecular weight is 388 g/mol. The van der Waals surface area contributed by atoms with Gasteiger partial charge in [-0.25, -0.2) is 9.78 Å². The molecule has 3 rings (SSSR count). The molecule has 2 heterocycles. The minimum absolute atomic E-state index is 0.171. The minimum Gasteiger partial charge on any atom is -0.479 e. The molecule has 4 atom stereocenters. The van der Waals surface area contributed by atoms with E-state index in [0.29, 0.717) is 6.42 Å². The number of thiazole rings is 1. The van der Waals surface area contributed by atoms with Crippen LogP contribution in [-0.2, 0) is 14.3 Å². The fourth-order valence-corrected chi connectivity index (χ4v) is 4.55. The van der Waals surface area contributed by atoms with Crippen molar-refractivity contribution in [2.24, 2.45) is 5.92 Å². The quantitative estimate of drug-likeness (QED) is 0.848. The smallest absolute Gasteiger partial charge is 0.333 e. The van der Waals surface area contributed by atoms with E-state index in [1.165, 1.54) is 0 Å². The molecule has 27 heavy (non-hydrogen) atoms. The number of amides is 1. The number of carboxylic acid groups (broad SMARTS) is 1. The largest absolute Gasteiger partial charge is 0.479 e. The molecule has 1 unspecified atom stereocenters. The Kier molecular flexibility index (Phi) is 5.62. The van der Waals surface area contributed by atoms with E-state index in [9.17, 15) is 14.7 Å². The standard InChI is InChI=1S/C20H24N2O4S/c1-11-10-15(26-16(11)20(24)25)19(23)22(4)13(3)17-12(2)21-18(27-17)14-8-6-5-7-9-14/h5-9,11,13,15-16H,10H2,1-4H3,(H,24,25)/t11-,13?,15-,16-/m0/s1. The van der Waals surface area contributed by atoms with Gasteiger partial charge in [-0.15, -0.1) is 11.3 Å². The number of aryl methyl sites for hydroxylation is 1. The highest BCUT2D eigenvalue weighted by atomic mass is 32.1. The lowest BCUT2D eigenvalue weighted by molar-refractivity contribution is -0.156. The fourth-order valence-electron chi connectivity index (χ4n) is 3.38. The molecule has 0 bridgehead atoms. The van der Waals surface area contributed by atoms with E-state index >= 15 is 0 Å². The number of aliphatic carboxylic acids is 1. The third-order valence-electron chi connectivity index (χ3n) is 5.09. The van der Waals surface area contributed by atoms with Crippen molar-refractivity contribution in [1.29, 1.82) is 0 Å². The monoisotopic (exact) mass is 388 g/mol. The molecule has 1 saturated heterocycles. The third kappa shape index (κ3) is 3.89. The van der Waals surface area contributed by atoms with Gasteiger partial charge in [-0.3, -0.25) is 4.79 Å². The van der Waals surface area contributed by atoms with Crippen LogP contribution in [0.4, 0.5) is 0 Å². The Morgan fingerprint density at radius 3 is 2.59 bits per heavy atom. The molecule has 0 aliphatic carbocycles. The Bertz CT molecular complexity index is 836. The number of carboxylic acids is 1. The van der Waals surface area contributed by atoms with Crippen molar-refractivity contribution in [2.45, 2.75) is 45.4 Å². The van der Waals surface area contributed by atoms with E-state index in [-0.39, 0.29) is 17.9 Å². The Labute approximate surface area is 162 Å². The molecule has 1 aliphatic rings. The molecule has 1 aliphatic heterocycles. The van der Waals surface area contributed by atoms with Crippen LogP contribution in [0.5, 0.6) is 0 Å². The van der Waals surface area contributed by atoms with Crippen LogP contribution in [0.3, 0.4) is 0 Å². The zero-order valence-electron chi connectivity index (χ0n) is 15.9. The van der Waals surface area contributed by atoms with E-state index < -0.39 is 18.2 Å². The summed E-state index contributed by atoms with van der Waals surface area (Å²) in [7, 11) is 1.73. The number of carbonyl (C=O) groups excluding carboxylic acids is 1. The van der Waals surface area contributed by atoms with Gasteiger partial charge in [0.15, 0.2) is 6.10 Å². The van der Waals surface area contributed by atoms with Gasteiger partial charge in [0.1, 0.15) is 11.1 Å². The number of rotatable bonds is 5. The SMILES string of the molecule is Cc1nc(-c2ccccc2)sc1C(C)N(C)C(=O)[C@@H]1C[C@H](C)[C@@H](C(=O)O)O1. The second kappa shape index (κ2) is 7.78. The predicted molar refractivity (Wildman–Crippen MR) is 104 cm³/mol. The zero-order valence-corrected chi connectivity index (χ0v) is 16.7. The summed E-state index contributed by atoms with van der Waals surface area (Å²) < 4.78 is 5.51. The fraction of sp³-hybridized carbons (Fsp3) is 0.450. The van der Waals surface area contributed by atoms with Crippen LogP contribution in [0, 0.1) is 12.8 Å². The molecule has 0 spiro atoms. The molecule has 1 fully saturated rings. The molecule has 6 nitrogen and oxygen atoms in total. The Morgan fingerprint density at radius 1 is 1.33 bits per heavy atom. The number of likely N-dealkylation sites (N-methyl/N-ethyl adjacent to an activating group) is 1. The first-order valence-electron chi connectivity index (χ1n) is 8.97. The van der Waals surface area contributed by atoms with E-state index in [1.807, 2.05) is 44.2 Å². The van der Waals surface area contributed by atoms with Gasteiger partial charge in [0.2, 0.25) is 0 Å². The number of carbonyl (C=O) groups is 2. The van der Waals surface area contributed by atoms with Gasteiger partial charge >= 0.3 is 5.97 Å². The van der Waals surface area contributed by atoms with Crippen molar-refractivity contribution >= 4 is 23.2 Å². The average Bonchev–Trinajstić information content (AvgIpc) is 3.23. The van der Waals surface area contributed by atoms with Gasteiger partial charge in [-0.1, -0.05) is 37.3 Å². The highest BCUT2D eigenvalue weighted by molar-refractivity contribution is 7.15. The Balaban J connectivity index is 1.76. The molecule has 1 aromatic heterocycles. The van der Waals surface area contributed by atoms with Crippen LogP contribution < -0.4 is 0 Å². The van der Waals surface area contributed by atoms with Gasteiger partial charge in [0.05, 0.1) is 16.6 Å². The van der Waals surface area contributed by atoms with E-state index in [4.69, 9.17) is 4.74 Å². The summed E-state index contributed by atoms with van der Waals surface area (Å²) in [6, 6.07) is 9.77. The number of hydrogen-bond donors (Lipinski definition) is 1. The third-order valence-corrected chi connectivity index (χ3v) is 6.47. The topological polar surface area (TPSA) is 79.7 Å². The maximum Gasteiger partial charge on any atom is 0.333 e. The van der Waals surface area contributed by atoms with Crippen molar-refractivity contribution in [2.75, 3.05) is 7.05 Å². The van der Waals surface area contributed by atoms with Crippen LogP contribution >= 0.6 is 11.3 Å². The van der Waals surface area contributed by atoms with Gasteiger partial charge in [-0.2, -0.15) is 0 Å². The van der Waals surface area contributed by atoms with E-state index in [1.54, 1.807) is 30.2 Å². The Morgan fingerprint density at radius 2 is 2.00 bits per heavy atom. The van der Waals surface area contributed by atoms with Crippen molar-refractivity contribution < 1.29 is 19.4 Å². The molecule has 1 amide bonds. The number of aromatic nitrogens is 1. The zero-order chi connectivity index (χ0) is 19.7. The lowest BCUT2D eigenvalue weighted by atomic mass is 10.0. The van der Waals surface area contributed by atoms with E-state index in [0.717, 1.165) is 21.1 Å². The van der Waals surface area contributed by atoms with Crippen LogP contribution in [0.25, 0.3) is 10.6 Å². The predicted octanol–water partition coefficient (Wildman–Crippen LogP) is 3.52. The van der Waals surface area contributed by atoms with Gasteiger partial charge in [0.25, 0.3) is 5.91 Å². The minimum atomic E-state index is -1.01. The molecule has 1 aromatic carbocycles. The first-order valence-corrected chi connectivity index (χ1v) is 9.79. The summed E-state index contributed by atoms with van der Waals surface area (Å²) >= 11 is 1.58. The maximum atomic E-state index is 12.9. The highest BCUT2D eigenvalue weighted by Crippen LogP contribution is 2.35. The van der Waals surface area contributed by atoms with E-state index in [2.05, 4.69) is 4.98 Å². The number of benzene rings is 1. The van der Waals surface area contributed by atoms with Gasteiger partial charge in [0, 0.05) is 12.6 Å². The van der Waals surface area contributed by atoms with Crippen LogP contribution in [0.15, 0.2) is 30.3 Å². The van der Waals surface area contributed by atoms with Crippen LogP contribution in [-0.4, -0.2) is 46.1 Å². The molecule has 1 N–H and O–H groups in total. The molecular weight excluding hydrogens is 364 g/mol. The molecule has 2 aromatic rings. The van der Waals surface area contributed by atoms with Gasteiger partial charge in [-0.05, 0) is 26.2 Å². The lowest BCUT2D eigenvalue weighted by Gasteiger charge is -2.27. The number of ether oxygens (including phenoxy) is 1. The van der Waals surface area contributed by atoms with Crippen molar-refractivity contribution in [1.82, 2.24) is 9.88 Å². The van der Waals surface area contributed by atoms with Gasteiger partial charge < -0.3 is 14.7 Å². The molecule has 7 heteroatoms. The van der Waals surface area contributed by atoms with Crippen molar-refractivity contribution in [3.63, 3.8) is 0 Å². The molecule has 144 valence electrons.